The van der Waals surface area contributed by atoms with E-state index in [1.807, 2.05) is 10.6 Å². The first kappa shape index (κ1) is 14.3. The van der Waals surface area contributed by atoms with E-state index in [0.717, 1.165) is 42.6 Å². The van der Waals surface area contributed by atoms with Crippen LogP contribution in [0.1, 0.15) is 43.1 Å². The van der Waals surface area contributed by atoms with Crippen molar-refractivity contribution in [2.24, 2.45) is 5.73 Å². The van der Waals surface area contributed by atoms with Gasteiger partial charge in [-0.2, -0.15) is 0 Å². The summed E-state index contributed by atoms with van der Waals surface area (Å²) in [6, 6.07) is 5.32. The van der Waals surface area contributed by atoms with Crippen LogP contribution in [-0.4, -0.2) is 15.6 Å². The van der Waals surface area contributed by atoms with E-state index in [2.05, 4.69) is 11.9 Å². The fourth-order valence-corrected chi connectivity index (χ4v) is 3.08. The van der Waals surface area contributed by atoms with Gasteiger partial charge in [0.15, 0.2) is 0 Å². The molecule has 1 aliphatic carbocycles. The Labute approximate surface area is 125 Å². The van der Waals surface area contributed by atoms with E-state index in [1.54, 1.807) is 12.4 Å². The van der Waals surface area contributed by atoms with Crippen molar-refractivity contribution in [3.63, 3.8) is 0 Å². The van der Waals surface area contributed by atoms with Crippen LogP contribution in [0, 0.1) is 5.82 Å². The standard InChI is InChI=1S/C17H22FN3/c1-2-13(19)10-12-6-5-7-14(18)17(12)21-11-20-15-8-3-4-9-16(15)21/h5-7,11,13H,2-4,8-10,19H2,1H3. The molecule has 1 aromatic heterocycles. The summed E-state index contributed by atoms with van der Waals surface area (Å²) in [6.45, 7) is 2.06. The van der Waals surface area contributed by atoms with Crippen molar-refractivity contribution in [2.45, 2.75) is 51.5 Å². The molecule has 1 atom stereocenters. The zero-order valence-corrected chi connectivity index (χ0v) is 12.5. The Morgan fingerprint density at radius 1 is 1.33 bits per heavy atom. The topological polar surface area (TPSA) is 43.8 Å². The van der Waals surface area contributed by atoms with Gasteiger partial charge in [-0.15, -0.1) is 0 Å². The first-order valence-corrected chi connectivity index (χ1v) is 7.79. The van der Waals surface area contributed by atoms with Gasteiger partial charge in [0, 0.05) is 11.7 Å². The number of hydrogen-bond acceptors (Lipinski definition) is 2. The van der Waals surface area contributed by atoms with Crippen LogP contribution in [0.3, 0.4) is 0 Å². The van der Waals surface area contributed by atoms with Crippen LogP contribution in [0.25, 0.3) is 5.69 Å². The van der Waals surface area contributed by atoms with Crippen molar-refractivity contribution < 1.29 is 4.39 Å². The average molecular weight is 287 g/mol. The van der Waals surface area contributed by atoms with Crippen LogP contribution in [0.5, 0.6) is 0 Å². The summed E-state index contributed by atoms with van der Waals surface area (Å²) < 4.78 is 16.4. The molecule has 21 heavy (non-hydrogen) atoms. The zero-order valence-electron chi connectivity index (χ0n) is 12.5. The molecule has 112 valence electrons. The number of halogens is 1. The van der Waals surface area contributed by atoms with Crippen molar-refractivity contribution in [3.05, 3.63) is 47.3 Å². The maximum absolute atomic E-state index is 14.4. The summed E-state index contributed by atoms with van der Waals surface area (Å²) in [5, 5.41) is 0. The van der Waals surface area contributed by atoms with Gasteiger partial charge < -0.3 is 5.73 Å². The van der Waals surface area contributed by atoms with Crippen molar-refractivity contribution in [3.8, 4) is 5.69 Å². The predicted molar refractivity (Wildman–Crippen MR) is 82.1 cm³/mol. The summed E-state index contributed by atoms with van der Waals surface area (Å²) in [6.07, 6.45) is 7.65. The van der Waals surface area contributed by atoms with Gasteiger partial charge in [-0.1, -0.05) is 19.1 Å². The molecule has 3 nitrogen and oxygen atoms in total. The van der Waals surface area contributed by atoms with Gasteiger partial charge in [-0.25, -0.2) is 9.37 Å². The van der Waals surface area contributed by atoms with Crippen LogP contribution < -0.4 is 5.73 Å². The second kappa shape index (κ2) is 5.98. The first-order valence-electron chi connectivity index (χ1n) is 7.79. The van der Waals surface area contributed by atoms with Gasteiger partial charge in [0.05, 0.1) is 17.7 Å². The SMILES string of the molecule is CCC(N)Cc1cccc(F)c1-n1cnc2c1CCCC2. The highest BCUT2D eigenvalue weighted by molar-refractivity contribution is 5.45. The normalized spacial score (nSPS) is 15.8. The Bertz CT molecular complexity index is 633. The van der Waals surface area contributed by atoms with E-state index in [-0.39, 0.29) is 11.9 Å². The van der Waals surface area contributed by atoms with E-state index in [4.69, 9.17) is 5.73 Å². The van der Waals surface area contributed by atoms with Crippen LogP contribution in [-0.2, 0) is 19.3 Å². The molecule has 1 aliphatic rings. The third kappa shape index (κ3) is 2.72. The number of imidazole rings is 1. The third-order valence-corrected chi connectivity index (χ3v) is 4.35. The molecular formula is C17H22FN3. The second-order valence-corrected chi connectivity index (χ2v) is 5.84. The van der Waals surface area contributed by atoms with E-state index in [0.29, 0.717) is 12.1 Å². The van der Waals surface area contributed by atoms with Crippen molar-refractivity contribution in [1.82, 2.24) is 9.55 Å². The minimum Gasteiger partial charge on any atom is -0.327 e. The number of aryl methyl sites for hydroxylation is 1. The molecule has 2 N–H and O–H groups in total. The van der Waals surface area contributed by atoms with E-state index in [9.17, 15) is 4.39 Å². The van der Waals surface area contributed by atoms with Crippen LogP contribution >= 0.6 is 0 Å². The highest BCUT2D eigenvalue weighted by Gasteiger charge is 2.20. The number of nitrogens with zero attached hydrogens (tertiary/aromatic N) is 2. The van der Waals surface area contributed by atoms with Crippen LogP contribution in [0.4, 0.5) is 4.39 Å². The Hall–Kier alpha value is -1.68. The molecule has 0 bridgehead atoms. The second-order valence-electron chi connectivity index (χ2n) is 5.84. The number of benzene rings is 1. The van der Waals surface area contributed by atoms with Crippen LogP contribution in [0.15, 0.2) is 24.5 Å². The summed E-state index contributed by atoms with van der Waals surface area (Å²) in [5.74, 6) is -0.193. The fraction of sp³-hybridized carbons (Fsp3) is 0.471. The number of para-hydroxylation sites is 1. The Morgan fingerprint density at radius 2 is 2.14 bits per heavy atom. The van der Waals surface area contributed by atoms with E-state index in [1.165, 1.54) is 12.5 Å². The molecule has 3 rings (SSSR count). The van der Waals surface area contributed by atoms with Crippen molar-refractivity contribution >= 4 is 0 Å². The molecule has 1 heterocycles. The molecule has 1 aromatic carbocycles. The average Bonchev–Trinajstić information content (AvgIpc) is 2.91. The monoisotopic (exact) mass is 287 g/mol. The molecule has 0 spiro atoms. The minimum atomic E-state index is -0.193. The van der Waals surface area contributed by atoms with Gasteiger partial charge >= 0.3 is 0 Å². The molecule has 4 heteroatoms. The third-order valence-electron chi connectivity index (χ3n) is 4.35. The van der Waals surface area contributed by atoms with Gasteiger partial charge in [0.25, 0.3) is 0 Å². The molecule has 0 amide bonds. The summed E-state index contributed by atoms with van der Waals surface area (Å²) >= 11 is 0. The van der Waals surface area contributed by atoms with E-state index >= 15 is 0 Å². The Kier molecular flexibility index (Phi) is 4.06. The lowest BCUT2D eigenvalue weighted by Crippen LogP contribution is -2.22. The molecule has 1 unspecified atom stereocenters. The van der Waals surface area contributed by atoms with Crippen molar-refractivity contribution in [2.75, 3.05) is 0 Å². The highest BCUT2D eigenvalue weighted by Crippen LogP contribution is 2.27. The first-order chi connectivity index (χ1) is 10.2. The molecule has 0 saturated carbocycles. The lowest BCUT2D eigenvalue weighted by atomic mass is 9.99. The Balaban J connectivity index is 2.07. The quantitative estimate of drug-likeness (QED) is 0.938. The number of nitrogens with two attached hydrogens (primary N) is 1. The van der Waals surface area contributed by atoms with Crippen LogP contribution in [0.2, 0.25) is 0 Å². The predicted octanol–water partition coefficient (Wildman–Crippen LogP) is 3.17. The summed E-state index contributed by atoms with van der Waals surface area (Å²) in [5.41, 5.74) is 9.96. The smallest absolute Gasteiger partial charge is 0.147 e. The van der Waals surface area contributed by atoms with E-state index < -0.39 is 0 Å². The molecule has 0 aliphatic heterocycles. The highest BCUT2D eigenvalue weighted by atomic mass is 19.1. The fourth-order valence-electron chi connectivity index (χ4n) is 3.08. The van der Waals surface area contributed by atoms with Gasteiger partial charge in [-0.3, -0.25) is 4.57 Å². The molecular weight excluding hydrogens is 265 g/mol. The zero-order chi connectivity index (χ0) is 14.8. The number of aromatic nitrogens is 2. The lowest BCUT2D eigenvalue weighted by molar-refractivity contribution is 0.595. The number of rotatable bonds is 4. The Morgan fingerprint density at radius 3 is 2.95 bits per heavy atom. The molecule has 0 fully saturated rings. The van der Waals surface area contributed by atoms with Gasteiger partial charge in [0.2, 0.25) is 0 Å². The lowest BCUT2D eigenvalue weighted by Gasteiger charge is -2.18. The molecule has 2 aromatic rings. The summed E-state index contributed by atoms with van der Waals surface area (Å²) in [4.78, 5) is 4.48. The van der Waals surface area contributed by atoms with Gasteiger partial charge in [-0.05, 0) is 50.2 Å². The molecule has 0 saturated heterocycles. The number of fused-ring (bicyclic) bond motifs is 1. The number of hydrogen-bond donors (Lipinski definition) is 1. The maximum atomic E-state index is 14.4. The minimum absolute atomic E-state index is 0.0601. The van der Waals surface area contributed by atoms with Crippen molar-refractivity contribution in [1.29, 1.82) is 0 Å². The molecule has 0 radical (unpaired) electrons. The summed E-state index contributed by atoms with van der Waals surface area (Å²) in [7, 11) is 0. The van der Waals surface area contributed by atoms with Gasteiger partial charge in [0.1, 0.15) is 5.82 Å². The largest absolute Gasteiger partial charge is 0.327 e. The maximum Gasteiger partial charge on any atom is 0.147 e.